The molecule has 21 heavy (non-hydrogen) atoms. The topological polar surface area (TPSA) is 27.6 Å². The molecule has 0 amide bonds. The van der Waals surface area contributed by atoms with Gasteiger partial charge < -0.3 is 10.2 Å². The van der Waals surface area contributed by atoms with Gasteiger partial charge in [0.25, 0.3) is 0 Å². The van der Waals surface area contributed by atoms with Crippen LogP contribution in [0.25, 0.3) is 0 Å². The Balaban J connectivity index is 0.00000220. The zero-order valence-corrected chi connectivity index (χ0v) is 15.4. The van der Waals surface area contributed by atoms with Gasteiger partial charge in [-0.15, -0.1) is 24.0 Å². The number of rotatable bonds is 2. The third-order valence-electron chi connectivity index (χ3n) is 3.97. The van der Waals surface area contributed by atoms with E-state index < -0.39 is 0 Å². The fourth-order valence-corrected chi connectivity index (χ4v) is 2.55. The smallest absolute Gasteiger partial charge is 0.193 e. The lowest BCUT2D eigenvalue weighted by Gasteiger charge is -2.32. The Morgan fingerprint density at radius 1 is 1.38 bits per heavy atom. The molecule has 1 N–H and O–H groups in total. The first kappa shape index (κ1) is 18.2. The predicted molar refractivity (Wildman–Crippen MR) is 96.7 cm³/mol. The van der Waals surface area contributed by atoms with Gasteiger partial charge >= 0.3 is 0 Å². The van der Waals surface area contributed by atoms with E-state index in [1.54, 1.807) is 6.92 Å². The Morgan fingerprint density at radius 3 is 2.62 bits per heavy atom. The second-order valence-electron chi connectivity index (χ2n) is 5.65. The fraction of sp³-hybridized carbons (Fsp3) is 0.562. The van der Waals surface area contributed by atoms with Crippen LogP contribution >= 0.6 is 24.0 Å². The standard InChI is InChI=1S/C16H24FN3.HI/c1-12-6-8-20(9-7-12)16(18-3)19-11-14-4-5-15(17)13(2)10-14;/h4-5,10,12H,6-9,11H2,1-3H3,(H,18,19);1H. The number of piperidine rings is 1. The summed E-state index contributed by atoms with van der Waals surface area (Å²) in [5.41, 5.74) is 1.77. The first-order valence-electron chi connectivity index (χ1n) is 7.30. The Morgan fingerprint density at radius 2 is 2.05 bits per heavy atom. The SMILES string of the molecule is CN=C(NCc1ccc(F)c(C)c1)N1CCC(C)CC1.I. The quantitative estimate of drug-likeness (QED) is 0.463. The summed E-state index contributed by atoms with van der Waals surface area (Å²) in [6.07, 6.45) is 2.44. The normalized spacial score (nSPS) is 16.6. The van der Waals surface area contributed by atoms with Crippen molar-refractivity contribution in [3.05, 3.63) is 35.1 Å². The van der Waals surface area contributed by atoms with E-state index >= 15 is 0 Å². The Labute approximate surface area is 144 Å². The summed E-state index contributed by atoms with van der Waals surface area (Å²) in [6.45, 7) is 6.89. The molecule has 0 aromatic heterocycles. The van der Waals surface area contributed by atoms with Crippen LogP contribution in [0.1, 0.15) is 30.9 Å². The molecule has 1 aliphatic heterocycles. The van der Waals surface area contributed by atoms with Crippen molar-refractivity contribution < 1.29 is 4.39 Å². The van der Waals surface area contributed by atoms with E-state index in [4.69, 9.17) is 0 Å². The van der Waals surface area contributed by atoms with Gasteiger partial charge in [-0.2, -0.15) is 0 Å². The summed E-state index contributed by atoms with van der Waals surface area (Å²) < 4.78 is 13.2. The second-order valence-corrected chi connectivity index (χ2v) is 5.65. The van der Waals surface area contributed by atoms with Gasteiger partial charge in [0, 0.05) is 26.7 Å². The molecular formula is C16H25FIN3. The fourth-order valence-electron chi connectivity index (χ4n) is 2.55. The van der Waals surface area contributed by atoms with Crippen LogP contribution in [0.2, 0.25) is 0 Å². The van der Waals surface area contributed by atoms with E-state index in [-0.39, 0.29) is 29.8 Å². The zero-order chi connectivity index (χ0) is 14.5. The maximum Gasteiger partial charge on any atom is 0.193 e. The molecule has 1 aromatic carbocycles. The lowest BCUT2D eigenvalue weighted by molar-refractivity contribution is 0.273. The highest BCUT2D eigenvalue weighted by Crippen LogP contribution is 2.16. The van der Waals surface area contributed by atoms with Crippen LogP contribution in [0.4, 0.5) is 4.39 Å². The molecule has 1 aromatic rings. The molecule has 0 saturated carbocycles. The number of benzene rings is 1. The van der Waals surface area contributed by atoms with Gasteiger partial charge in [0.15, 0.2) is 5.96 Å². The van der Waals surface area contributed by atoms with Crippen molar-refractivity contribution in [3.8, 4) is 0 Å². The van der Waals surface area contributed by atoms with Crippen molar-refractivity contribution in [3.63, 3.8) is 0 Å². The number of halogens is 2. The molecule has 1 aliphatic rings. The van der Waals surface area contributed by atoms with E-state index in [2.05, 4.69) is 22.1 Å². The predicted octanol–water partition coefficient (Wildman–Crippen LogP) is 3.56. The third-order valence-corrected chi connectivity index (χ3v) is 3.97. The Hall–Kier alpha value is -0.850. The summed E-state index contributed by atoms with van der Waals surface area (Å²) in [5.74, 6) is 1.60. The number of guanidine groups is 1. The Kier molecular flexibility index (Phi) is 7.42. The summed E-state index contributed by atoms with van der Waals surface area (Å²) in [7, 11) is 1.82. The average molecular weight is 405 g/mol. The van der Waals surface area contributed by atoms with Crippen molar-refractivity contribution in [2.45, 2.75) is 33.2 Å². The molecule has 0 bridgehead atoms. The Bertz CT molecular complexity index is 482. The van der Waals surface area contributed by atoms with Crippen LogP contribution in [-0.4, -0.2) is 31.0 Å². The largest absolute Gasteiger partial charge is 0.352 e. The van der Waals surface area contributed by atoms with Crippen LogP contribution < -0.4 is 5.32 Å². The average Bonchev–Trinajstić information content (AvgIpc) is 2.45. The summed E-state index contributed by atoms with van der Waals surface area (Å²) in [5, 5.41) is 3.37. The van der Waals surface area contributed by atoms with Gasteiger partial charge in [-0.1, -0.05) is 19.1 Å². The van der Waals surface area contributed by atoms with E-state index in [1.165, 1.54) is 18.9 Å². The van der Waals surface area contributed by atoms with E-state index in [1.807, 2.05) is 19.2 Å². The van der Waals surface area contributed by atoms with E-state index in [0.29, 0.717) is 12.1 Å². The van der Waals surface area contributed by atoms with E-state index in [0.717, 1.165) is 30.5 Å². The van der Waals surface area contributed by atoms with E-state index in [9.17, 15) is 4.39 Å². The lowest BCUT2D eigenvalue weighted by Crippen LogP contribution is -2.45. The summed E-state index contributed by atoms with van der Waals surface area (Å²) >= 11 is 0. The minimum atomic E-state index is -0.150. The lowest BCUT2D eigenvalue weighted by atomic mass is 9.99. The highest BCUT2D eigenvalue weighted by molar-refractivity contribution is 14.0. The maximum absolute atomic E-state index is 13.2. The molecule has 0 radical (unpaired) electrons. The van der Waals surface area contributed by atoms with Crippen molar-refractivity contribution in [2.24, 2.45) is 10.9 Å². The van der Waals surface area contributed by atoms with Gasteiger partial charge in [-0.3, -0.25) is 4.99 Å². The van der Waals surface area contributed by atoms with Crippen LogP contribution in [0.3, 0.4) is 0 Å². The van der Waals surface area contributed by atoms with Crippen LogP contribution in [0.15, 0.2) is 23.2 Å². The first-order valence-corrected chi connectivity index (χ1v) is 7.30. The monoisotopic (exact) mass is 405 g/mol. The van der Waals surface area contributed by atoms with Crippen molar-refractivity contribution >= 4 is 29.9 Å². The molecule has 0 unspecified atom stereocenters. The summed E-state index contributed by atoms with van der Waals surface area (Å²) in [4.78, 5) is 6.65. The zero-order valence-electron chi connectivity index (χ0n) is 13.0. The van der Waals surface area contributed by atoms with Gasteiger partial charge in [0.05, 0.1) is 0 Å². The number of hydrogen-bond donors (Lipinski definition) is 1. The highest BCUT2D eigenvalue weighted by Gasteiger charge is 2.18. The second kappa shape index (κ2) is 8.56. The van der Waals surface area contributed by atoms with Gasteiger partial charge in [0.2, 0.25) is 0 Å². The number of nitrogens with one attached hydrogen (secondary N) is 1. The molecule has 1 saturated heterocycles. The van der Waals surface area contributed by atoms with Crippen molar-refractivity contribution in [1.29, 1.82) is 0 Å². The molecule has 0 aliphatic carbocycles. The van der Waals surface area contributed by atoms with Crippen LogP contribution in [0, 0.1) is 18.7 Å². The summed E-state index contributed by atoms with van der Waals surface area (Å²) in [6, 6.07) is 5.23. The van der Waals surface area contributed by atoms with Crippen molar-refractivity contribution in [1.82, 2.24) is 10.2 Å². The maximum atomic E-state index is 13.2. The van der Waals surface area contributed by atoms with Crippen molar-refractivity contribution in [2.75, 3.05) is 20.1 Å². The molecule has 1 heterocycles. The molecule has 118 valence electrons. The minimum Gasteiger partial charge on any atom is -0.352 e. The molecule has 2 rings (SSSR count). The van der Waals surface area contributed by atoms with Gasteiger partial charge in [-0.05, 0) is 42.9 Å². The number of aryl methyl sites for hydroxylation is 1. The number of aliphatic imine (C=N–C) groups is 1. The third kappa shape index (κ3) is 5.13. The molecular weight excluding hydrogens is 380 g/mol. The van der Waals surface area contributed by atoms with Gasteiger partial charge in [0.1, 0.15) is 5.82 Å². The highest BCUT2D eigenvalue weighted by atomic mass is 127. The van der Waals surface area contributed by atoms with Gasteiger partial charge in [-0.25, -0.2) is 4.39 Å². The number of likely N-dealkylation sites (tertiary alicyclic amines) is 1. The minimum absolute atomic E-state index is 0. The first-order chi connectivity index (χ1) is 9.60. The molecule has 5 heteroatoms. The van der Waals surface area contributed by atoms with Crippen LogP contribution in [-0.2, 0) is 6.54 Å². The number of hydrogen-bond acceptors (Lipinski definition) is 1. The number of nitrogens with zero attached hydrogens (tertiary/aromatic N) is 2. The molecule has 1 fully saturated rings. The molecule has 0 spiro atoms. The molecule has 0 atom stereocenters. The van der Waals surface area contributed by atoms with Crippen LogP contribution in [0.5, 0.6) is 0 Å². The molecule has 3 nitrogen and oxygen atoms in total.